The Labute approximate surface area is 128 Å². The van der Waals surface area contributed by atoms with Crippen LogP contribution in [-0.2, 0) is 0 Å². The van der Waals surface area contributed by atoms with E-state index in [2.05, 4.69) is 38.0 Å². The van der Waals surface area contributed by atoms with Crippen molar-refractivity contribution in [3.63, 3.8) is 0 Å². The molecule has 1 aromatic carbocycles. The van der Waals surface area contributed by atoms with Gasteiger partial charge in [-0.15, -0.1) is 0 Å². The van der Waals surface area contributed by atoms with E-state index < -0.39 is 0 Å². The fourth-order valence-electron chi connectivity index (χ4n) is 2.85. The molecule has 1 aliphatic heterocycles. The molecule has 1 amide bonds. The van der Waals surface area contributed by atoms with E-state index in [9.17, 15) is 4.79 Å². The molecule has 21 heavy (non-hydrogen) atoms. The Morgan fingerprint density at radius 3 is 2.71 bits per heavy atom. The Kier molecular flexibility index (Phi) is 5.23. The van der Waals surface area contributed by atoms with Gasteiger partial charge in [-0.25, -0.2) is 0 Å². The molecule has 0 radical (unpaired) electrons. The minimum absolute atomic E-state index is 0.144. The van der Waals surface area contributed by atoms with Gasteiger partial charge in [-0.1, -0.05) is 19.1 Å². The zero-order chi connectivity index (χ0) is 15.4. The Morgan fingerprint density at radius 1 is 1.33 bits per heavy atom. The average Bonchev–Trinajstić information content (AvgIpc) is 2.47. The molecule has 0 bridgehead atoms. The first-order valence-electron chi connectivity index (χ1n) is 7.88. The van der Waals surface area contributed by atoms with Crippen molar-refractivity contribution in [3.8, 4) is 0 Å². The summed E-state index contributed by atoms with van der Waals surface area (Å²) < 4.78 is 0. The number of nitrogens with zero attached hydrogens (tertiary/aromatic N) is 2. The van der Waals surface area contributed by atoms with E-state index in [0.717, 1.165) is 37.3 Å². The van der Waals surface area contributed by atoms with Gasteiger partial charge in [-0.3, -0.25) is 9.69 Å². The molecule has 1 unspecified atom stereocenters. The molecule has 2 rings (SSSR count). The number of hydrogen-bond donors (Lipinski definition) is 1. The first-order valence-corrected chi connectivity index (χ1v) is 7.88. The van der Waals surface area contributed by atoms with Crippen molar-refractivity contribution in [1.29, 1.82) is 0 Å². The largest absolute Gasteiger partial charge is 0.382 e. The first kappa shape index (κ1) is 15.8. The minimum atomic E-state index is 0.144. The number of anilines is 1. The molecule has 0 aliphatic carbocycles. The lowest BCUT2D eigenvalue weighted by atomic mass is 10.1. The van der Waals surface area contributed by atoms with Crippen LogP contribution in [0.2, 0.25) is 0 Å². The number of carbonyl (C=O) groups excluding carboxylic acids is 1. The summed E-state index contributed by atoms with van der Waals surface area (Å²) in [5.74, 6) is 0.144. The number of amides is 1. The first-order chi connectivity index (χ1) is 10.0. The van der Waals surface area contributed by atoms with Gasteiger partial charge >= 0.3 is 0 Å². The van der Waals surface area contributed by atoms with Crippen molar-refractivity contribution in [2.24, 2.45) is 0 Å². The van der Waals surface area contributed by atoms with Crippen LogP contribution in [0.5, 0.6) is 0 Å². The summed E-state index contributed by atoms with van der Waals surface area (Å²) in [5.41, 5.74) is 1.72. The predicted molar refractivity (Wildman–Crippen MR) is 87.8 cm³/mol. The lowest BCUT2D eigenvalue weighted by Gasteiger charge is -2.39. The molecule has 1 heterocycles. The van der Waals surface area contributed by atoms with Crippen molar-refractivity contribution in [2.75, 3.05) is 32.0 Å². The van der Waals surface area contributed by atoms with Gasteiger partial charge in [0, 0.05) is 37.4 Å². The van der Waals surface area contributed by atoms with Gasteiger partial charge in [0.1, 0.15) is 0 Å². The maximum atomic E-state index is 12.8. The maximum absolute atomic E-state index is 12.8. The zero-order valence-electron chi connectivity index (χ0n) is 13.6. The van der Waals surface area contributed by atoms with Gasteiger partial charge in [-0.05, 0) is 39.4 Å². The Bertz CT molecular complexity index is 487. The number of piperazine rings is 1. The number of benzene rings is 1. The molecule has 4 heteroatoms. The highest BCUT2D eigenvalue weighted by atomic mass is 16.2. The van der Waals surface area contributed by atoms with E-state index in [4.69, 9.17) is 0 Å². The number of para-hydroxylation sites is 1. The SMILES string of the molecule is CCC1CN(C(=O)c2ccccc2NC(C)C)CCN1C. The van der Waals surface area contributed by atoms with E-state index in [0.29, 0.717) is 12.1 Å². The zero-order valence-corrected chi connectivity index (χ0v) is 13.6. The minimum Gasteiger partial charge on any atom is -0.382 e. The van der Waals surface area contributed by atoms with Crippen LogP contribution in [0.25, 0.3) is 0 Å². The van der Waals surface area contributed by atoms with E-state index in [-0.39, 0.29) is 5.91 Å². The maximum Gasteiger partial charge on any atom is 0.256 e. The summed E-state index contributed by atoms with van der Waals surface area (Å²) in [6.45, 7) is 8.94. The topological polar surface area (TPSA) is 35.6 Å². The van der Waals surface area contributed by atoms with Crippen molar-refractivity contribution in [2.45, 2.75) is 39.3 Å². The number of rotatable bonds is 4. The van der Waals surface area contributed by atoms with E-state index in [1.165, 1.54) is 0 Å². The smallest absolute Gasteiger partial charge is 0.256 e. The van der Waals surface area contributed by atoms with Crippen LogP contribution in [0, 0.1) is 0 Å². The summed E-state index contributed by atoms with van der Waals surface area (Å²) in [4.78, 5) is 17.2. The van der Waals surface area contributed by atoms with Crippen LogP contribution in [0.4, 0.5) is 5.69 Å². The highest BCUT2D eigenvalue weighted by molar-refractivity contribution is 5.99. The molecule has 0 spiro atoms. The molecule has 1 aliphatic rings. The quantitative estimate of drug-likeness (QED) is 0.925. The summed E-state index contributed by atoms with van der Waals surface area (Å²) >= 11 is 0. The Balaban J connectivity index is 2.16. The number of carbonyl (C=O) groups is 1. The van der Waals surface area contributed by atoms with Crippen molar-refractivity contribution >= 4 is 11.6 Å². The monoisotopic (exact) mass is 289 g/mol. The average molecular weight is 289 g/mol. The van der Waals surface area contributed by atoms with Crippen LogP contribution >= 0.6 is 0 Å². The summed E-state index contributed by atoms with van der Waals surface area (Å²) in [6, 6.07) is 8.60. The summed E-state index contributed by atoms with van der Waals surface area (Å²) in [6.07, 6.45) is 1.08. The molecule has 1 aromatic rings. The van der Waals surface area contributed by atoms with Crippen molar-refractivity contribution in [1.82, 2.24) is 9.80 Å². The van der Waals surface area contributed by atoms with Crippen LogP contribution in [0.15, 0.2) is 24.3 Å². The van der Waals surface area contributed by atoms with Crippen LogP contribution in [-0.4, -0.2) is 54.5 Å². The standard InChI is InChI=1S/C17H27N3O/c1-5-14-12-20(11-10-19(14)4)17(21)15-8-6-7-9-16(15)18-13(2)3/h6-9,13-14,18H,5,10-12H2,1-4H3. The van der Waals surface area contributed by atoms with Crippen LogP contribution < -0.4 is 5.32 Å². The summed E-state index contributed by atoms with van der Waals surface area (Å²) in [7, 11) is 2.14. The highest BCUT2D eigenvalue weighted by Gasteiger charge is 2.27. The molecule has 1 fully saturated rings. The second-order valence-electron chi connectivity index (χ2n) is 6.14. The molecular formula is C17H27N3O. The molecule has 0 aromatic heterocycles. The van der Waals surface area contributed by atoms with Crippen LogP contribution in [0.1, 0.15) is 37.6 Å². The fraction of sp³-hybridized carbons (Fsp3) is 0.588. The van der Waals surface area contributed by atoms with Crippen molar-refractivity contribution in [3.05, 3.63) is 29.8 Å². The third kappa shape index (κ3) is 3.76. The van der Waals surface area contributed by atoms with Gasteiger partial charge in [0.05, 0.1) is 5.56 Å². The Morgan fingerprint density at radius 2 is 2.05 bits per heavy atom. The molecule has 1 saturated heterocycles. The van der Waals surface area contributed by atoms with Gasteiger partial charge < -0.3 is 10.2 Å². The number of nitrogens with one attached hydrogen (secondary N) is 1. The molecule has 116 valence electrons. The van der Waals surface area contributed by atoms with Gasteiger partial charge in [0.25, 0.3) is 5.91 Å². The van der Waals surface area contributed by atoms with E-state index in [1.54, 1.807) is 0 Å². The Hall–Kier alpha value is -1.55. The normalized spacial score (nSPS) is 19.9. The molecular weight excluding hydrogens is 262 g/mol. The van der Waals surface area contributed by atoms with Gasteiger partial charge in [0.2, 0.25) is 0 Å². The van der Waals surface area contributed by atoms with E-state index >= 15 is 0 Å². The number of likely N-dealkylation sites (N-methyl/N-ethyl adjacent to an activating group) is 1. The highest BCUT2D eigenvalue weighted by Crippen LogP contribution is 2.20. The number of hydrogen-bond acceptors (Lipinski definition) is 3. The second-order valence-corrected chi connectivity index (χ2v) is 6.14. The van der Waals surface area contributed by atoms with Gasteiger partial charge in [0.15, 0.2) is 0 Å². The van der Waals surface area contributed by atoms with E-state index in [1.807, 2.05) is 29.2 Å². The fourth-order valence-corrected chi connectivity index (χ4v) is 2.85. The molecule has 4 nitrogen and oxygen atoms in total. The molecule has 0 saturated carbocycles. The second kappa shape index (κ2) is 6.94. The third-order valence-electron chi connectivity index (χ3n) is 4.14. The molecule has 1 atom stereocenters. The van der Waals surface area contributed by atoms with Crippen molar-refractivity contribution < 1.29 is 4.79 Å². The van der Waals surface area contributed by atoms with Crippen LogP contribution in [0.3, 0.4) is 0 Å². The molecule has 1 N–H and O–H groups in total. The third-order valence-corrected chi connectivity index (χ3v) is 4.14. The lowest BCUT2D eigenvalue weighted by molar-refractivity contribution is 0.0543. The summed E-state index contributed by atoms with van der Waals surface area (Å²) in [5, 5.41) is 3.37. The predicted octanol–water partition coefficient (Wildman–Crippen LogP) is 2.67. The van der Waals surface area contributed by atoms with Gasteiger partial charge in [-0.2, -0.15) is 0 Å². The lowest BCUT2D eigenvalue weighted by Crippen LogP contribution is -2.53.